The Hall–Kier alpha value is -0.940. The van der Waals surface area contributed by atoms with Crippen LogP contribution < -0.4 is 0 Å². The van der Waals surface area contributed by atoms with Gasteiger partial charge >= 0.3 is 5.97 Å². The summed E-state index contributed by atoms with van der Waals surface area (Å²) in [5.41, 5.74) is 0. The molecule has 94 valence electrons. The lowest BCUT2D eigenvalue weighted by atomic mass is 10.1. The summed E-state index contributed by atoms with van der Waals surface area (Å²) in [6.07, 6.45) is 2.27. The highest BCUT2D eigenvalue weighted by molar-refractivity contribution is 5.75. The molecule has 0 aromatic heterocycles. The lowest BCUT2D eigenvalue weighted by Gasteiger charge is -2.04. The maximum Gasteiger partial charge on any atom is 0.305 e. The van der Waals surface area contributed by atoms with Crippen LogP contribution in [0.1, 0.15) is 32.6 Å². The lowest BCUT2D eigenvalue weighted by molar-refractivity contribution is -0.145. The maximum absolute atomic E-state index is 11.1. The number of Topliss-reactive ketones (excluding diaryl/α,β-unsaturated/α-hetero) is 1. The number of aliphatic hydroxyl groups is 1. The maximum atomic E-state index is 11.1. The van der Waals surface area contributed by atoms with Crippen molar-refractivity contribution in [3.8, 4) is 0 Å². The molecule has 1 N–H and O–H groups in total. The Labute approximate surface area is 95.7 Å². The van der Waals surface area contributed by atoms with Crippen LogP contribution in [0.5, 0.6) is 0 Å². The Morgan fingerprint density at radius 1 is 1.06 bits per heavy atom. The van der Waals surface area contributed by atoms with Crippen molar-refractivity contribution in [3.05, 3.63) is 0 Å². The Balaban J connectivity index is 3.21. The summed E-state index contributed by atoms with van der Waals surface area (Å²) in [6, 6.07) is 0. The zero-order valence-electron chi connectivity index (χ0n) is 9.74. The fourth-order valence-electron chi connectivity index (χ4n) is 1.10. The van der Waals surface area contributed by atoms with Gasteiger partial charge in [-0.2, -0.15) is 0 Å². The molecule has 0 spiro atoms. The molecule has 0 aromatic rings. The highest BCUT2D eigenvalue weighted by atomic mass is 16.6. The number of aliphatic hydroxyl groups excluding tert-OH is 1. The average Bonchev–Trinajstić information content (AvgIpc) is 2.24. The van der Waals surface area contributed by atoms with Gasteiger partial charge in [-0.15, -0.1) is 0 Å². The second-order valence-electron chi connectivity index (χ2n) is 3.47. The Kier molecular flexibility index (Phi) is 9.95. The predicted octanol–water partition coefficient (Wildman–Crippen LogP) is 0.688. The van der Waals surface area contributed by atoms with Crippen molar-refractivity contribution in [2.75, 3.05) is 26.4 Å². The highest BCUT2D eigenvalue weighted by Crippen LogP contribution is 2.01. The van der Waals surface area contributed by atoms with E-state index in [1.807, 2.05) is 0 Å². The summed E-state index contributed by atoms with van der Waals surface area (Å²) in [7, 11) is 0. The van der Waals surface area contributed by atoms with E-state index in [0.29, 0.717) is 25.9 Å². The molecule has 0 aliphatic heterocycles. The standard InChI is InChI=1S/C11H20O5/c1-10(13)4-2-3-5-11(14)16-9-8-15-7-6-12/h12H,2-9H2,1H3. The minimum atomic E-state index is -0.267. The summed E-state index contributed by atoms with van der Waals surface area (Å²) >= 11 is 0. The van der Waals surface area contributed by atoms with Gasteiger partial charge in [0.2, 0.25) is 0 Å². The van der Waals surface area contributed by atoms with E-state index in [0.717, 1.165) is 6.42 Å². The third-order valence-electron chi connectivity index (χ3n) is 1.89. The predicted molar refractivity (Wildman–Crippen MR) is 58.0 cm³/mol. The number of ether oxygens (including phenoxy) is 2. The summed E-state index contributed by atoms with van der Waals surface area (Å²) < 4.78 is 9.78. The van der Waals surface area contributed by atoms with Gasteiger partial charge in [-0.3, -0.25) is 4.79 Å². The van der Waals surface area contributed by atoms with Crippen molar-refractivity contribution >= 4 is 11.8 Å². The lowest BCUT2D eigenvalue weighted by Crippen LogP contribution is -2.11. The van der Waals surface area contributed by atoms with Crippen LogP contribution in [-0.2, 0) is 19.1 Å². The first-order valence-corrected chi connectivity index (χ1v) is 5.50. The van der Waals surface area contributed by atoms with E-state index in [1.165, 1.54) is 6.92 Å². The molecule has 0 aromatic carbocycles. The third kappa shape index (κ3) is 11.1. The number of carbonyl (C=O) groups is 2. The quantitative estimate of drug-likeness (QED) is 0.443. The van der Waals surface area contributed by atoms with Crippen LogP contribution in [0.2, 0.25) is 0 Å². The largest absolute Gasteiger partial charge is 0.463 e. The van der Waals surface area contributed by atoms with Crippen molar-refractivity contribution in [2.45, 2.75) is 32.6 Å². The van der Waals surface area contributed by atoms with Crippen molar-refractivity contribution in [2.24, 2.45) is 0 Å². The van der Waals surface area contributed by atoms with Gasteiger partial charge in [0, 0.05) is 12.8 Å². The summed E-state index contributed by atoms with van der Waals surface area (Å²) in [6.45, 7) is 2.29. The first-order valence-electron chi connectivity index (χ1n) is 5.50. The van der Waals surface area contributed by atoms with Crippen LogP contribution >= 0.6 is 0 Å². The molecule has 5 nitrogen and oxygen atoms in total. The van der Waals surface area contributed by atoms with Crippen molar-refractivity contribution < 1.29 is 24.2 Å². The molecule has 0 heterocycles. The van der Waals surface area contributed by atoms with E-state index in [9.17, 15) is 9.59 Å². The van der Waals surface area contributed by atoms with Gasteiger partial charge in [-0.25, -0.2) is 0 Å². The zero-order chi connectivity index (χ0) is 12.2. The van der Waals surface area contributed by atoms with Crippen molar-refractivity contribution in [3.63, 3.8) is 0 Å². The topological polar surface area (TPSA) is 72.8 Å². The number of rotatable bonds is 10. The molecule has 16 heavy (non-hydrogen) atoms. The van der Waals surface area contributed by atoms with E-state index < -0.39 is 0 Å². The molecule has 0 saturated heterocycles. The first-order chi connectivity index (χ1) is 7.66. The second-order valence-corrected chi connectivity index (χ2v) is 3.47. The molecular weight excluding hydrogens is 212 g/mol. The third-order valence-corrected chi connectivity index (χ3v) is 1.89. The Morgan fingerprint density at radius 3 is 2.38 bits per heavy atom. The van der Waals surface area contributed by atoms with Gasteiger partial charge in [0.1, 0.15) is 12.4 Å². The molecule has 0 amide bonds. The second kappa shape index (κ2) is 10.6. The summed E-state index contributed by atoms with van der Waals surface area (Å²) in [5, 5.41) is 8.40. The van der Waals surface area contributed by atoms with E-state index >= 15 is 0 Å². The van der Waals surface area contributed by atoms with Crippen LogP contribution in [-0.4, -0.2) is 43.3 Å². The molecule has 0 saturated carbocycles. The van der Waals surface area contributed by atoms with E-state index in [2.05, 4.69) is 0 Å². The van der Waals surface area contributed by atoms with Gasteiger partial charge in [0.15, 0.2) is 0 Å². The number of unbranched alkanes of at least 4 members (excludes halogenated alkanes) is 1. The molecule has 0 aliphatic carbocycles. The number of hydrogen-bond acceptors (Lipinski definition) is 5. The SMILES string of the molecule is CC(=O)CCCCC(=O)OCCOCCO. The van der Waals surface area contributed by atoms with Gasteiger partial charge in [0.25, 0.3) is 0 Å². The number of ketones is 1. The van der Waals surface area contributed by atoms with Gasteiger partial charge < -0.3 is 19.4 Å². The van der Waals surface area contributed by atoms with Crippen LogP contribution in [0, 0.1) is 0 Å². The Bertz CT molecular complexity index is 203. The van der Waals surface area contributed by atoms with Crippen molar-refractivity contribution in [1.29, 1.82) is 0 Å². The van der Waals surface area contributed by atoms with Gasteiger partial charge in [-0.05, 0) is 19.8 Å². The van der Waals surface area contributed by atoms with E-state index in [-0.39, 0.29) is 31.6 Å². The first kappa shape index (κ1) is 15.1. The molecule has 0 bridgehead atoms. The molecule has 5 heteroatoms. The van der Waals surface area contributed by atoms with E-state index in [1.54, 1.807) is 0 Å². The molecule has 0 fully saturated rings. The fraction of sp³-hybridized carbons (Fsp3) is 0.818. The summed E-state index contributed by atoms with van der Waals surface area (Å²) in [5.74, 6) is -0.123. The zero-order valence-corrected chi connectivity index (χ0v) is 9.74. The normalized spacial score (nSPS) is 10.1. The minimum Gasteiger partial charge on any atom is -0.463 e. The van der Waals surface area contributed by atoms with Gasteiger partial charge in [0.05, 0.1) is 19.8 Å². The number of hydrogen-bond donors (Lipinski definition) is 1. The number of esters is 1. The number of carbonyl (C=O) groups excluding carboxylic acids is 2. The Morgan fingerprint density at radius 2 is 1.75 bits per heavy atom. The van der Waals surface area contributed by atoms with Gasteiger partial charge in [-0.1, -0.05) is 0 Å². The highest BCUT2D eigenvalue weighted by Gasteiger charge is 2.02. The van der Waals surface area contributed by atoms with Crippen LogP contribution in [0.3, 0.4) is 0 Å². The minimum absolute atomic E-state index is 0.0288. The van der Waals surface area contributed by atoms with Crippen LogP contribution in [0.25, 0.3) is 0 Å². The van der Waals surface area contributed by atoms with Crippen LogP contribution in [0.15, 0.2) is 0 Å². The van der Waals surface area contributed by atoms with Crippen LogP contribution in [0.4, 0.5) is 0 Å². The smallest absolute Gasteiger partial charge is 0.305 e. The van der Waals surface area contributed by atoms with E-state index in [4.69, 9.17) is 14.6 Å². The van der Waals surface area contributed by atoms with Crippen molar-refractivity contribution in [1.82, 2.24) is 0 Å². The molecule has 0 atom stereocenters. The summed E-state index contributed by atoms with van der Waals surface area (Å²) in [4.78, 5) is 21.7. The molecule has 0 rings (SSSR count). The average molecular weight is 232 g/mol. The molecule has 0 aliphatic rings. The monoisotopic (exact) mass is 232 g/mol. The molecule has 0 radical (unpaired) electrons. The molecular formula is C11H20O5. The molecule has 0 unspecified atom stereocenters. The fourth-order valence-corrected chi connectivity index (χ4v) is 1.10.